The fraction of sp³-hybridized carbons (Fsp3) is 0.375. The van der Waals surface area contributed by atoms with E-state index in [1.165, 1.54) is 41.3 Å². The normalized spacial score (nSPS) is 15.2. The molecule has 0 radical (unpaired) electrons. The standard InChI is InChI=1S/C24H28FN3O5S/c1-16(2)26-23(30)17(3)27(15-18-10-12-19(25)13-11-18)22(29)9-6-14-28-24(31)20-7-4-5-8-21(20)34(28,32)33/h4-5,7-8,10-13,16-17H,6,9,14-15H2,1-3H3,(H,26,30). The second-order valence-electron chi connectivity index (χ2n) is 8.47. The maximum absolute atomic E-state index is 13.3. The van der Waals surface area contributed by atoms with Crippen molar-refractivity contribution in [1.29, 1.82) is 0 Å². The average molecular weight is 490 g/mol. The maximum atomic E-state index is 13.3. The van der Waals surface area contributed by atoms with Crippen molar-refractivity contribution in [2.75, 3.05) is 6.54 Å². The van der Waals surface area contributed by atoms with Crippen molar-refractivity contribution >= 4 is 27.7 Å². The summed E-state index contributed by atoms with van der Waals surface area (Å²) in [4.78, 5) is 39.6. The highest BCUT2D eigenvalue weighted by Gasteiger charge is 2.40. The van der Waals surface area contributed by atoms with Crippen molar-refractivity contribution in [3.63, 3.8) is 0 Å². The highest BCUT2D eigenvalue weighted by molar-refractivity contribution is 7.90. The lowest BCUT2D eigenvalue weighted by Crippen LogP contribution is -2.49. The maximum Gasteiger partial charge on any atom is 0.269 e. The van der Waals surface area contributed by atoms with E-state index in [-0.39, 0.29) is 54.2 Å². The molecule has 182 valence electrons. The monoisotopic (exact) mass is 489 g/mol. The average Bonchev–Trinajstić information content (AvgIpc) is 2.98. The molecule has 0 aliphatic carbocycles. The van der Waals surface area contributed by atoms with Crippen molar-refractivity contribution < 1.29 is 27.2 Å². The molecule has 1 atom stereocenters. The molecule has 0 fully saturated rings. The smallest absolute Gasteiger partial charge is 0.269 e. The van der Waals surface area contributed by atoms with Gasteiger partial charge in [0.2, 0.25) is 11.8 Å². The number of benzene rings is 2. The lowest BCUT2D eigenvalue weighted by Gasteiger charge is -2.29. The summed E-state index contributed by atoms with van der Waals surface area (Å²) in [7, 11) is -3.95. The molecule has 34 heavy (non-hydrogen) atoms. The zero-order valence-corrected chi connectivity index (χ0v) is 20.1. The number of rotatable bonds is 9. The van der Waals surface area contributed by atoms with Gasteiger partial charge in [0.25, 0.3) is 15.9 Å². The summed E-state index contributed by atoms with van der Waals surface area (Å²) in [6.45, 7) is 5.14. The SMILES string of the molecule is CC(C)NC(=O)C(C)N(Cc1ccc(F)cc1)C(=O)CCCN1C(=O)c2ccccc2S1(=O)=O. The second-order valence-corrected chi connectivity index (χ2v) is 10.3. The van der Waals surface area contributed by atoms with Crippen molar-refractivity contribution in [2.24, 2.45) is 0 Å². The summed E-state index contributed by atoms with van der Waals surface area (Å²) in [5.41, 5.74) is 0.762. The molecule has 1 aliphatic rings. The first-order valence-electron chi connectivity index (χ1n) is 11.0. The van der Waals surface area contributed by atoms with E-state index in [4.69, 9.17) is 0 Å². The summed E-state index contributed by atoms with van der Waals surface area (Å²) in [6.07, 6.45) is 0.0202. The van der Waals surface area contributed by atoms with E-state index in [0.717, 1.165) is 4.31 Å². The third kappa shape index (κ3) is 5.44. The van der Waals surface area contributed by atoms with Gasteiger partial charge in [-0.05, 0) is 57.0 Å². The van der Waals surface area contributed by atoms with E-state index in [1.54, 1.807) is 19.1 Å². The van der Waals surface area contributed by atoms with E-state index in [0.29, 0.717) is 5.56 Å². The van der Waals surface area contributed by atoms with Crippen molar-refractivity contribution in [2.45, 2.75) is 57.1 Å². The number of carbonyl (C=O) groups excluding carboxylic acids is 3. The second kappa shape index (κ2) is 10.3. The van der Waals surface area contributed by atoms with Gasteiger partial charge in [0.1, 0.15) is 16.8 Å². The minimum Gasteiger partial charge on any atom is -0.352 e. The molecule has 10 heteroatoms. The molecule has 2 aromatic rings. The van der Waals surface area contributed by atoms with Crippen LogP contribution in [0.25, 0.3) is 0 Å². The van der Waals surface area contributed by atoms with E-state index in [1.807, 2.05) is 13.8 Å². The van der Waals surface area contributed by atoms with Crippen molar-refractivity contribution in [1.82, 2.24) is 14.5 Å². The Hall–Kier alpha value is -3.27. The summed E-state index contributed by atoms with van der Waals surface area (Å²) in [5, 5.41) is 2.78. The molecule has 0 aromatic heterocycles. The molecule has 0 saturated carbocycles. The number of nitrogens with one attached hydrogen (secondary N) is 1. The summed E-state index contributed by atoms with van der Waals surface area (Å²) >= 11 is 0. The molecule has 1 unspecified atom stereocenters. The van der Waals surface area contributed by atoms with Gasteiger partial charge in [-0.2, -0.15) is 0 Å². The number of hydrogen-bond acceptors (Lipinski definition) is 5. The number of nitrogens with zero attached hydrogens (tertiary/aromatic N) is 2. The highest BCUT2D eigenvalue weighted by Crippen LogP contribution is 2.30. The number of sulfonamides is 1. The topological polar surface area (TPSA) is 104 Å². The first-order chi connectivity index (χ1) is 16.0. The van der Waals surface area contributed by atoms with E-state index in [9.17, 15) is 27.2 Å². The third-order valence-electron chi connectivity index (χ3n) is 5.53. The van der Waals surface area contributed by atoms with Gasteiger partial charge in [0.05, 0.1) is 5.56 Å². The van der Waals surface area contributed by atoms with E-state index in [2.05, 4.69) is 5.32 Å². The van der Waals surface area contributed by atoms with Crippen LogP contribution in [0.1, 0.15) is 49.5 Å². The predicted molar refractivity (Wildman–Crippen MR) is 124 cm³/mol. The lowest BCUT2D eigenvalue weighted by atomic mass is 10.1. The zero-order valence-electron chi connectivity index (χ0n) is 19.3. The first kappa shape index (κ1) is 25.4. The third-order valence-corrected chi connectivity index (χ3v) is 7.37. The van der Waals surface area contributed by atoms with Crippen LogP contribution in [0.15, 0.2) is 53.4 Å². The molecule has 3 rings (SSSR count). The zero-order chi connectivity index (χ0) is 25.0. The predicted octanol–water partition coefficient (Wildman–Crippen LogP) is 2.69. The Morgan fingerprint density at radius 1 is 1.06 bits per heavy atom. The van der Waals surface area contributed by atoms with Gasteiger partial charge >= 0.3 is 0 Å². The molecule has 1 heterocycles. The van der Waals surface area contributed by atoms with Crippen LogP contribution in [0, 0.1) is 5.82 Å². The van der Waals surface area contributed by atoms with Gasteiger partial charge < -0.3 is 10.2 Å². The van der Waals surface area contributed by atoms with Crippen LogP contribution in [0.3, 0.4) is 0 Å². The van der Waals surface area contributed by atoms with Crippen molar-refractivity contribution in [3.05, 3.63) is 65.5 Å². The number of carbonyl (C=O) groups is 3. The van der Waals surface area contributed by atoms with Gasteiger partial charge in [-0.25, -0.2) is 17.1 Å². The summed E-state index contributed by atoms with van der Waals surface area (Å²) in [5.74, 6) is -1.74. The van der Waals surface area contributed by atoms with E-state index < -0.39 is 27.8 Å². The molecule has 0 bridgehead atoms. The molecular weight excluding hydrogens is 461 g/mol. The summed E-state index contributed by atoms with van der Waals surface area (Å²) < 4.78 is 39.5. The summed E-state index contributed by atoms with van der Waals surface area (Å²) in [6, 6.07) is 10.7. The van der Waals surface area contributed by atoms with Crippen LogP contribution in [-0.2, 0) is 26.2 Å². The van der Waals surface area contributed by atoms with Crippen LogP contribution in [-0.4, -0.2) is 54.0 Å². The minimum absolute atomic E-state index is 0.0387. The highest BCUT2D eigenvalue weighted by atomic mass is 32.2. The molecule has 0 spiro atoms. The Morgan fingerprint density at radius 3 is 2.32 bits per heavy atom. The molecule has 8 nitrogen and oxygen atoms in total. The Morgan fingerprint density at radius 2 is 1.71 bits per heavy atom. The Labute approximate surface area is 198 Å². The number of halogens is 1. The van der Waals surface area contributed by atoms with Gasteiger partial charge in [-0.1, -0.05) is 24.3 Å². The number of fused-ring (bicyclic) bond motifs is 1. The van der Waals surface area contributed by atoms with Gasteiger partial charge in [-0.3, -0.25) is 14.4 Å². The largest absolute Gasteiger partial charge is 0.352 e. The quantitative estimate of drug-likeness (QED) is 0.583. The minimum atomic E-state index is -3.95. The van der Waals surface area contributed by atoms with Crippen molar-refractivity contribution in [3.8, 4) is 0 Å². The van der Waals surface area contributed by atoms with E-state index >= 15 is 0 Å². The number of amides is 3. The van der Waals surface area contributed by atoms with Gasteiger partial charge in [0.15, 0.2) is 0 Å². The molecular formula is C24H28FN3O5S. The molecule has 0 saturated heterocycles. The fourth-order valence-electron chi connectivity index (χ4n) is 3.74. The molecule has 2 aromatic carbocycles. The lowest BCUT2D eigenvalue weighted by molar-refractivity contribution is -0.140. The van der Waals surface area contributed by atoms with Crippen LogP contribution in [0.4, 0.5) is 4.39 Å². The van der Waals surface area contributed by atoms with Crippen LogP contribution in [0.5, 0.6) is 0 Å². The number of hydrogen-bond donors (Lipinski definition) is 1. The Kier molecular flexibility index (Phi) is 7.71. The van der Waals surface area contributed by atoms with Gasteiger partial charge in [-0.15, -0.1) is 0 Å². The van der Waals surface area contributed by atoms with Crippen LogP contribution < -0.4 is 5.32 Å². The molecule has 1 N–H and O–H groups in total. The van der Waals surface area contributed by atoms with Gasteiger partial charge in [0, 0.05) is 25.6 Å². The first-order valence-corrected chi connectivity index (χ1v) is 12.5. The van der Waals surface area contributed by atoms with Crippen LogP contribution in [0.2, 0.25) is 0 Å². The Balaban J connectivity index is 1.70. The van der Waals surface area contributed by atoms with Crippen LogP contribution >= 0.6 is 0 Å². The molecule has 1 aliphatic heterocycles. The Bertz CT molecular complexity index is 1180. The fourth-order valence-corrected chi connectivity index (χ4v) is 5.35. The molecule has 3 amide bonds.